The van der Waals surface area contributed by atoms with Gasteiger partial charge in [0.05, 0.1) is 12.7 Å². The van der Waals surface area contributed by atoms with E-state index in [1.165, 1.54) is 0 Å². The van der Waals surface area contributed by atoms with Crippen molar-refractivity contribution in [3.8, 4) is 0 Å². The van der Waals surface area contributed by atoms with E-state index in [1.807, 2.05) is 6.92 Å². The number of hydrogen-bond donors (Lipinski definition) is 1. The molecule has 0 aliphatic carbocycles. The van der Waals surface area contributed by atoms with E-state index in [0.29, 0.717) is 0 Å². The van der Waals surface area contributed by atoms with E-state index in [1.54, 1.807) is 0 Å². The lowest BCUT2D eigenvalue weighted by atomic mass is 10.4. The summed E-state index contributed by atoms with van der Waals surface area (Å²) in [6, 6.07) is 0. The molecule has 0 spiro atoms. The van der Waals surface area contributed by atoms with Crippen LogP contribution < -0.4 is 0 Å². The number of rotatable bonds is 5. The zero-order valence-electron chi connectivity index (χ0n) is 5.64. The molecule has 0 aromatic heterocycles. The van der Waals surface area contributed by atoms with Crippen LogP contribution in [0.3, 0.4) is 0 Å². The van der Waals surface area contributed by atoms with E-state index in [0.717, 1.165) is 18.4 Å². The van der Waals surface area contributed by atoms with Crippen molar-refractivity contribution in [2.24, 2.45) is 0 Å². The molecule has 0 rings (SSSR count). The number of hydrogen-bond acceptors (Lipinski definition) is 2. The predicted molar refractivity (Wildman–Crippen MR) is 40.9 cm³/mol. The molecule has 0 radical (unpaired) electrons. The van der Waals surface area contributed by atoms with Crippen LogP contribution in [0.5, 0.6) is 0 Å². The molecule has 0 aliphatic rings. The van der Waals surface area contributed by atoms with Gasteiger partial charge in [-0.05, 0) is 13.3 Å². The maximum Gasteiger partial charge on any atom is 0.0777 e. The maximum atomic E-state index is 8.50. The lowest BCUT2D eigenvalue weighted by molar-refractivity contribution is 0.0259. The summed E-state index contributed by atoms with van der Waals surface area (Å²) in [4.78, 5) is 0. The molecule has 0 bridgehead atoms. The second-order valence-corrected chi connectivity index (χ2v) is 2.70. The fourth-order valence-corrected chi connectivity index (χ4v) is 0.621. The fraction of sp³-hybridized carbons (Fsp3) is 1.00. The Hall–Kier alpha value is 0.400. The largest absolute Gasteiger partial charge is 0.394 e. The SMILES string of the molecule is CC(CO)OCCCBr. The second-order valence-electron chi connectivity index (χ2n) is 1.91. The van der Waals surface area contributed by atoms with Crippen LogP contribution in [-0.4, -0.2) is 29.8 Å². The van der Waals surface area contributed by atoms with Crippen molar-refractivity contribution in [3.05, 3.63) is 0 Å². The van der Waals surface area contributed by atoms with Gasteiger partial charge in [-0.3, -0.25) is 0 Å². The van der Waals surface area contributed by atoms with Gasteiger partial charge in [-0.1, -0.05) is 15.9 Å². The highest BCUT2D eigenvalue weighted by atomic mass is 79.9. The van der Waals surface area contributed by atoms with Crippen LogP contribution in [0.2, 0.25) is 0 Å². The molecule has 0 heterocycles. The summed E-state index contributed by atoms with van der Waals surface area (Å²) in [6.07, 6.45) is 0.994. The van der Waals surface area contributed by atoms with E-state index < -0.39 is 0 Å². The minimum Gasteiger partial charge on any atom is -0.394 e. The van der Waals surface area contributed by atoms with Crippen molar-refractivity contribution in [1.82, 2.24) is 0 Å². The first kappa shape index (κ1) is 9.40. The molecule has 1 atom stereocenters. The first-order valence-corrected chi connectivity index (χ1v) is 4.21. The molecule has 0 amide bonds. The van der Waals surface area contributed by atoms with Crippen LogP contribution in [0.15, 0.2) is 0 Å². The highest BCUT2D eigenvalue weighted by Crippen LogP contribution is 1.92. The number of ether oxygens (including phenoxy) is 1. The van der Waals surface area contributed by atoms with Crippen molar-refractivity contribution < 1.29 is 9.84 Å². The van der Waals surface area contributed by atoms with Crippen molar-refractivity contribution in [1.29, 1.82) is 0 Å². The van der Waals surface area contributed by atoms with Gasteiger partial charge in [0.25, 0.3) is 0 Å². The van der Waals surface area contributed by atoms with E-state index >= 15 is 0 Å². The molecule has 2 nitrogen and oxygen atoms in total. The molecule has 9 heavy (non-hydrogen) atoms. The van der Waals surface area contributed by atoms with Crippen molar-refractivity contribution in [2.45, 2.75) is 19.4 Å². The van der Waals surface area contributed by atoms with Crippen LogP contribution in [0, 0.1) is 0 Å². The van der Waals surface area contributed by atoms with E-state index in [2.05, 4.69) is 15.9 Å². The average molecular weight is 197 g/mol. The monoisotopic (exact) mass is 196 g/mol. The Bertz CT molecular complexity index is 59.0. The van der Waals surface area contributed by atoms with Gasteiger partial charge < -0.3 is 9.84 Å². The van der Waals surface area contributed by atoms with Gasteiger partial charge in [0, 0.05) is 11.9 Å². The van der Waals surface area contributed by atoms with E-state index in [9.17, 15) is 0 Å². The molecule has 0 aromatic carbocycles. The molecule has 3 heteroatoms. The smallest absolute Gasteiger partial charge is 0.0777 e. The zero-order valence-corrected chi connectivity index (χ0v) is 7.23. The summed E-state index contributed by atoms with van der Waals surface area (Å²) in [6.45, 7) is 2.70. The maximum absolute atomic E-state index is 8.50. The minimum absolute atomic E-state index is 0.0101. The normalized spacial score (nSPS) is 13.7. The fourth-order valence-electron chi connectivity index (χ4n) is 0.392. The third-order valence-corrected chi connectivity index (χ3v) is 1.50. The highest BCUT2D eigenvalue weighted by Gasteiger charge is 1.96. The Morgan fingerprint density at radius 2 is 2.33 bits per heavy atom. The van der Waals surface area contributed by atoms with Crippen LogP contribution in [0.25, 0.3) is 0 Å². The van der Waals surface area contributed by atoms with Crippen LogP contribution in [-0.2, 0) is 4.74 Å². The van der Waals surface area contributed by atoms with Gasteiger partial charge in [0.1, 0.15) is 0 Å². The predicted octanol–water partition coefficient (Wildman–Crippen LogP) is 1.17. The summed E-state index contributed by atoms with van der Waals surface area (Å²) in [5.41, 5.74) is 0. The van der Waals surface area contributed by atoms with Gasteiger partial charge in [-0.2, -0.15) is 0 Å². The standard InChI is InChI=1S/C6H13BrO2/c1-6(5-8)9-4-2-3-7/h6,8H,2-5H2,1H3. The first-order valence-electron chi connectivity index (χ1n) is 3.09. The van der Waals surface area contributed by atoms with E-state index in [4.69, 9.17) is 9.84 Å². The van der Waals surface area contributed by atoms with Gasteiger partial charge in [0.15, 0.2) is 0 Å². The lowest BCUT2D eigenvalue weighted by Crippen LogP contribution is -2.13. The van der Waals surface area contributed by atoms with Crippen LogP contribution in [0.4, 0.5) is 0 Å². The molecule has 0 aliphatic heterocycles. The van der Waals surface area contributed by atoms with Crippen molar-refractivity contribution in [2.75, 3.05) is 18.5 Å². The zero-order chi connectivity index (χ0) is 7.11. The topological polar surface area (TPSA) is 29.5 Å². The van der Waals surface area contributed by atoms with Crippen LogP contribution >= 0.6 is 15.9 Å². The van der Waals surface area contributed by atoms with E-state index in [-0.39, 0.29) is 12.7 Å². The number of alkyl halides is 1. The molecule has 0 saturated heterocycles. The average Bonchev–Trinajstić information content (AvgIpc) is 1.89. The number of halogens is 1. The minimum atomic E-state index is -0.0101. The Morgan fingerprint density at radius 1 is 1.67 bits per heavy atom. The van der Waals surface area contributed by atoms with Gasteiger partial charge in [0.2, 0.25) is 0 Å². The quantitative estimate of drug-likeness (QED) is 0.529. The highest BCUT2D eigenvalue weighted by molar-refractivity contribution is 9.09. The molecular weight excluding hydrogens is 184 g/mol. The summed E-state index contributed by atoms with van der Waals surface area (Å²) < 4.78 is 5.15. The lowest BCUT2D eigenvalue weighted by Gasteiger charge is -2.07. The molecule has 0 saturated carbocycles. The van der Waals surface area contributed by atoms with Gasteiger partial charge >= 0.3 is 0 Å². The Labute approximate surface area is 64.3 Å². The second kappa shape index (κ2) is 6.52. The molecular formula is C6H13BrO2. The molecule has 56 valence electrons. The Kier molecular flexibility index (Phi) is 6.81. The number of aliphatic hydroxyl groups is 1. The molecule has 1 N–H and O–H groups in total. The summed E-state index contributed by atoms with van der Waals surface area (Å²) in [5, 5.41) is 9.46. The molecule has 0 aromatic rings. The van der Waals surface area contributed by atoms with Crippen LogP contribution in [0.1, 0.15) is 13.3 Å². The third-order valence-electron chi connectivity index (χ3n) is 0.937. The van der Waals surface area contributed by atoms with Gasteiger partial charge in [-0.25, -0.2) is 0 Å². The third kappa shape index (κ3) is 6.28. The number of aliphatic hydroxyl groups excluding tert-OH is 1. The summed E-state index contributed by atoms with van der Waals surface area (Å²) in [5.74, 6) is 0. The van der Waals surface area contributed by atoms with Crippen molar-refractivity contribution >= 4 is 15.9 Å². The van der Waals surface area contributed by atoms with Crippen molar-refractivity contribution in [3.63, 3.8) is 0 Å². The summed E-state index contributed by atoms with van der Waals surface area (Å²) >= 11 is 3.28. The first-order chi connectivity index (χ1) is 4.31. The molecule has 1 unspecified atom stereocenters. The summed E-state index contributed by atoms with van der Waals surface area (Å²) in [7, 11) is 0. The Morgan fingerprint density at radius 3 is 2.78 bits per heavy atom. The molecule has 0 fully saturated rings. The Balaban J connectivity index is 2.88. The van der Waals surface area contributed by atoms with Gasteiger partial charge in [-0.15, -0.1) is 0 Å².